The van der Waals surface area contributed by atoms with E-state index in [9.17, 15) is 13.2 Å². The number of amides is 1. The van der Waals surface area contributed by atoms with Crippen LogP contribution in [0.3, 0.4) is 0 Å². The summed E-state index contributed by atoms with van der Waals surface area (Å²) in [4.78, 5) is 12.1. The van der Waals surface area contributed by atoms with Gasteiger partial charge < -0.3 is 10.1 Å². The first-order valence-corrected chi connectivity index (χ1v) is 11.0. The van der Waals surface area contributed by atoms with Gasteiger partial charge in [-0.1, -0.05) is 43.2 Å². The van der Waals surface area contributed by atoms with Gasteiger partial charge in [-0.3, -0.25) is 4.79 Å². The molecule has 144 valence electrons. The third-order valence-electron chi connectivity index (χ3n) is 4.81. The second-order valence-electron chi connectivity index (χ2n) is 6.87. The van der Waals surface area contributed by atoms with Crippen LogP contribution in [0, 0.1) is 0 Å². The Labute approximate surface area is 160 Å². The maximum Gasteiger partial charge on any atom is 0.225 e. The van der Waals surface area contributed by atoms with Crippen LogP contribution in [0.25, 0.3) is 0 Å². The molecule has 0 aromatic heterocycles. The Morgan fingerprint density at radius 2 is 1.67 bits per heavy atom. The van der Waals surface area contributed by atoms with Gasteiger partial charge in [-0.2, -0.15) is 0 Å². The predicted molar refractivity (Wildman–Crippen MR) is 107 cm³/mol. The van der Waals surface area contributed by atoms with Crippen molar-refractivity contribution in [1.29, 1.82) is 0 Å². The number of ether oxygens (including phenoxy) is 1. The number of carbonyl (C=O) groups excluding carboxylic acids is 1. The quantitative estimate of drug-likeness (QED) is 0.744. The van der Waals surface area contributed by atoms with E-state index in [1.807, 2.05) is 30.3 Å². The van der Waals surface area contributed by atoms with Crippen molar-refractivity contribution in [3.8, 4) is 5.75 Å². The van der Waals surface area contributed by atoms with Crippen LogP contribution in [0.1, 0.15) is 37.7 Å². The SMILES string of the molecule is O=C(CCS(=O)(=O)C1CCCC1)Nc1ccc(OCc2ccccc2)cc1. The van der Waals surface area contributed by atoms with Crippen LogP contribution in [0.15, 0.2) is 54.6 Å². The van der Waals surface area contributed by atoms with Crippen molar-refractivity contribution < 1.29 is 17.9 Å². The Hall–Kier alpha value is -2.34. The topological polar surface area (TPSA) is 72.5 Å². The van der Waals surface area contributed by atoms with E-state index in [2.05, 4.69) is 5.32 Å². The Kier molecular flexibility index (Phi) is 6.50. The van der Waals surface area contributed by atoms with Crippen molar-refractivity contribution in [3.05, 3.63) is 60.2 Å². The van der Waals surface area contributed by atoms with Crippen LogP contribution >= 0.6 is 0 Å². The molecule has 0 aliphatic heterocycles. The molecule has 1 aliphatic rings. The number of rotatable bonds is 8. The smallest absolute Gasteiger partial charge is 0.225 e. The van der Waals surface area contributed by atoms with E-state index in [-0.39, 0.29) is 23.3 Å². The van der Waals surface area contributed by atoms with E-state index in [1.54, 1.807) is 24.3 Å². The summed E-state index contributed by atoms with van der Waals surface area (Å²) >= 11 is 0. The van der Waals surface area contributed by atoms with Crippen molar-refractivity contribution in [2.24, 2.45) is 0 Å². The summed E-state index contributed by atoms with van der Waals surface area (Å²) in [6.07, 6.45) is 3.39. The van der Waals surface area contributed by atoms with Crippen LogP contribution in [0.4, 0.5) is 5.69 Å². The lowest BCUT2D eigenvalue weighted by Gasteiger charge is -2.11. The number of benzene rings is 2. The maximum atomic E-state index is 12.2. The van der Waals surface area contributed by atoms with Gasteiger partial charge in [-0.25, -0.2) is 8.42 Å². The van der Waals surface area contributed by atoms with E-state index in [0.29, 0.717) is 18.0 Å². The number of anilines is 1. The molecule has 1 amide bonds. The number of hydrogen-bond acceptors (Lipinski definition) is 4. The molecule has 5 nitrogen and oxygen atoms in total. The average Bonchev–Trinajstić information content (AvgIpc) is 3.23. The summed E-state index contributed by atoms with van der Waals surface area (Å²) in [7, 11) is -3.17. The van der Waals surface area contributed by atoms with Gasteiger partial charge in [0.15, 0.2) is 9.84 Å². The summed E-state index contributed by atoms with van der Waals surface area (Å²) in [5.74, 6) is 0.345. The van der Waals surface area contributed by atoms with Gasteiger partial charge in [-0.15, -0.1) is 0 Å². The van der Waals surface area contributed by atoms with Crippen LogP contribution in [0.5, 0.6) is 5.75 Å². The molecule has 1 fully saturated rings. The molecule has 0 saturated heterocycles. The third-order valence-corrected chi connectivity index (χ3v) is 7.07. The molecule has 2 aromatic rings. The highest BCUT2D eigenvalue weighted by Gasteiger charge is 2.28. The van der Waals surface area contributed by atoms with Crippen LogP contribution in [0.2, 0.25) is 0 Å². The summed E-state index contributed by atoms with van der Waals surface area (Å²) in [6.45, 7) is 0.478. The summed E-state index contributed by atoms with van der Waals surface area (Å²) < 4.78 is 30.2. The molecule has 0 bridgehead atoms. The van der Waals surface area contributed by atoms with Gasteiger partial charge in [0.05, 0.1) is 11.0 Å². The van der Waals surface area contributed by atoms with Gasteiger partial charge in [0, 0.05) is 12.1 Å². The van der Waals surface area contributed by atoms with Crippen molar-refractivity contribution in [2.75, 3.05) is 11.1 Å². The normalized spacial score (nSPS) is 14.8. The van der Waals surface area contributed by atoms with E-state index < -0.39 is 9.84 Å². The van der Waals surface area contributed by atoms with Crippen molar-refractivity contribution in [3.63, 3.8) is 0 Å². The minimum absolute atomic E-state index is 0.00884. The third kappa shape index (κ3) is 5.82. The number of carbonyl (C=O) groups is 1. The molecule has 0 spiro atoms. The molecule has 6 heteroatoms. The maximum absolute atomic E-state index is 12.2. The molecule has 0 heterocycles. The highest BCUT2D eigenvalue weighted by atomic mass is 32.2. The van der Waals surface area contributed by atoms with Crippen LogP contribution < -0.4 is 10.1 Å². The molecular weight excluding hydrogens is 362 g/mol. The molecule has 0 radical (unpaired) electrons. The fourth-order valence-electron chi connectivity index (χ4n) is 3.25. The zero-order valence-corrected chi connectivity index (χ0v) is 16.1. The molecule has 27 heavy (non-hydrogen) atoms. The second-order valence-corrected chi connectivity index (χ2v) is 9.27. The van der Waals surface area contributed by atoms with Gasteiger partial charge >= 0.3 is 0 Å². The average molecular weight is 388 g/mol. The summed E-state index contributed by atoms with van der Waals surface area (Å²) in [5.41, 5.74) is 1.71. The van der Waals surface area contributed by atoms with E-state index >= 15 is 0 Å². The van der Waals surface area contributed by atoms with E-state index in [4.69, 9.17) is 4.74 Å². The van der Waals surface area contributed by atoms with E-state index in [0.717, 1.165) is 31.2 Å². The number of sulfone groups is 1. The number of nitrogens with one attached hydrogen (secondary N) is 1. The Morgan fingerprint density at radius 3 is 2.33 bits per heavy atom. The highest BCUT2D eigenvalue weighted by molar-refractivity contribution is 7.92. The zero-order valence-electron chi connectivity index (χ0n) is 15.3. The largest absolute Gasteiger partial charge is 0.489 e. The van der Waals surface area contributed by atoms with Gasteiger partial charge in [0.2, 0.25) is 5.91 Å². The lowest BCUT2D eigenvalue weighted by Crippen LogP contribution is -2.24. The molecule has 1 saturated carbocycles. The molecule has 3 rings (SSSR count). The molecule has 0 atom stereocenters. The minimum atomic E-state index is -3.17. The lowest BCUT2D eigenvalue weighted by molar-refractivity contribution is -0.115. The molecule has 2 aromatic carbocycles. The van der Waals surface area contributed by atoms with E-state index in [1.165, 1.54) is 0 Å². The molecule has 1 N–H and O–H groups in total. The van der Waals surface area contributed by atoms with Crippen molar-refractivity contribution in [1.82, 2.24) is 0 Å². The van der Waals surface area contributed by atoms with Gasteiger partial charge in [0.25, 0.3) is 0 Å². The summed E-state index contributed by atoms with van der Waals surface area (Å²) in [6, 6.07) is 17.0. The molecule has 0 unspecified atom stereocenters. The number of hydrogen-bond donors (Lipinski definition) is 1. The summed E-state index contributed by atoms with van der Waals surface area (Å²) in [5, 5.41) is 2.49. The van der Waals surface area contributed by atoms with Gasteiger partial charge in [-0.05, 0) is 42.7 Å². The second kappa shape index (κ2) is 9.04. The minimum Gasteiger partial charge on any atom is -0.489 e. The molecular formula is C21H25NO4S. The zero-order chi connectivity index (χ0) is 19.1. The van der Waals surface area contributed by atoms with Crippen LogP contribution in [-0.2, 0) is 21.2 Å². The fraction of sp³-hybridized carbons (Fsp3) is 0.381. The van der Waals surface area contributed by atoms with Crippen LogP contribution in [-0.4, -0.2) is 25.3 Å². The first-order valence-electron chi connectivity index (χ1n) is 9.31. The first-order chi connectivity index (χ1) is 13.0. The Morgan fingerprint density at radius 1 is 1.00 bits per heavy atom. The first kappa shape index (κ1) is 19.4. The van der Waals surface area contributed by atoms with Gasteiger partial charge in [0.1, 0.15) is 12.4 Å². The fourth-order valence-corrected chi connectivity index (χ4v) is 5.10. The van der Waals surface area contributed by atoms with Crippen molar-refractivity contribution in [2.45, 2.75) is 44.0 Å². The standard InChI is InChI=1S/C21H25NO4S/c23-21(14-15-27(24,25)20-8-4-5-9-20)22-18-10-12-19(13-11-18)26-16-17-6-2-1-3-7-17/h1-3,6-7,10-13,20H,4-5,8-9,14-16H2,(H,22,23). The highest BCUT2D eigenvalue weighted by Crippen LogP contribution is 2.25. The monoisotopic (exact) mass is 387 g/mol. The Bertz CT molecular complexity index is 842. The molecule has 1 aliphatic carbocycles. The Balaban J connectivity index is 1.45. The predicted octanol–water partition coefficient (Wildman–Crippen LogP) is 3.95. The lowest BCUT2D eigenvalue weighted by atomic mass is 10.2. The van der Waals surface area contributed by atoms with Crippen molar-refractivity contribution >= 4 is 21.4 Å².